The Morgan fingerprint density at radius 3 is 2.52 bits per heavy atom. The van der Waals surface area contributed by atoms with Crippen molar-refractivity contribution in [2.75, 3.05) is 56.6 Å². The van der Waals surface area contributed by atoms with Gasteiger partial charge in [0.05, 0.1) is 19.0 Å². The van der Waals surface area contributed by atoms with Crippen LogP contribution in [0.25, 0.3) is 0 Å². The molecule has 0 aliphatic carbocycles. The van der Waals surface area contributed by atoms with Crippen molar-refractivity contribution in [3.8, 4) is 5.75 Å². The lowest BCUT2D eigenvalue weighted by molar-refractivity contribution is 0.256. The van der Waals surface area contributed by atoms with Gasteiger partial charge in [-0.3, -0.25) is 18.8 Å². The Hall–Kier alpha value is -3.27. The van der Waals surface area contributed by atoms with Gasteiger partial charge in [0.15, 0.2) is 0 Å². The molecule has 0 spiro atoms. The molecule has 0 bridgehead atoms. The highest BCUT2D eigenvalue weighted by Crippen LogP contribution is 2.28. The number of hydrogen-bond donors (Lipinski definition) is 2. The molecule has 3 rings (SSSR count). The summed E-state index contributed by atoms with van der Waals surface area (Å²) in [5.41, 5.74) is 0.333. The Labute approximate surface area is 181 Å². The number of para-hydroxylation sites is 2. The molecule has 1 aliphatic heterocycles. The van der Waals surface area contributed by atoms with Gasteiger partial charge in [-0.15, -0.1) is 0 Å². The van der Waals surface area contributed by atoms with Crippen LogP contribution in [0.4, 0.5) is 11.5 Å². The Kier molecular flexibility index (Phi) is 7.35. The monoisotopic (exact) mass is 430 g/mol. The van der Waals surface area contributed by atoms with Crippen LogP contribution in [-0.4, -0.2) is 71.8 Å². The number of piperazine rings is 1. The number of oxime groups is 1. The van der Waals surface area contributed by atoms with Gasteiger partial charge in [0.25, 0.3) is 5.56 Å². The number of nitrogens with one attached hydrogen (secondary N) is 1. The van der Waals surface area contributed by atoms with Crippen molar-refractivity contribution in [1.29, 1.82) is 0 Å². The van der Waals surface area contributed by atoms with E-state index in [-0.39, 0.29) is 5.56 Å². The molecule has 2 aromatic rings. The second-order valence-corrected chi connectivity index (χ2v) is 7.49. The zero-order valence-corrected chi connectivity index (χ0v) is 18.2. The number of ether oxygens (including phenoxy) is 1. The van der Waals surface area contributed by atoms with Gasteiger partial charge in [0, 0.05) is 46.8 Å². The highest BCUT2D eigenvalue weighted by Gasteiger charge is 2.19. The first kappa shape index (κ1) is 22.4. The van der Waals surface area contributed by atoms with E-state index in [0.29, 0.717) is 12.4 Å². The Balaban J connectivity index is 1.54. The van der Waals surface area contributed by atoms with Crippen molar-refractivity contribution in [2.45, 2.75) is 6.42 Å². The van der Waals surface area contributed by atoms with Crippen LogP contribution in [0.2, 0.25) is 0 Å². The minimum atomic E-state index is -0.504. The number of aromatic nitrogens is 2. The molecule has 1 aliphatic rings. The van der Waals surface area contributed by atoms with Gasteiger partial charge < -0.3 is 20.2 Å². The Bertz CT molecular complexity index is 1040. The molecule has 0 atom stereocenters. The quantitative estimate of drug-likeness (QED) is 0.272. The summed E-state index contributed by atoms with van der Waals surface area (Å²) < 4.78 is 7.81. The zero-order chi connectivity index (χ0) is 22.4. The van der Waals surface area contributed by atoms with E-state index in [0.717, 1.165) is 61.4 Å². The van der Waals surface area contributed by atoms with Gasteiger partial charge in [0.2, 0.25) is 0 Å². The summed E-state index contributed by atoms with van der Waals surface area (Å²) in [6, 6.07) is 8.06. The van der Waals surface area contributed by atoms with Gasteiger partial charge in [-0.1, -0.05) is 17.3 Å². The molecule has 0 unspecified atom stereocenters. The Morgan fingerprint density at radius 2 is 1.84 bits per heavy atom. The molecule has 0 amide bonds. The van der Waals surface area contributed by atoms with Crippen LogP contribution in [0.3, 0.4) is 0 Å². The molecule has 2 heterocycles. The second kappa shape index (κ2) is 10.2. The summed E-state index contributed by atoms with van der Waals surface area (Å²) in [5.74, 6) is 1.24. The number of rotatable bonds is 8. The summed E-state index contributed by atoms with van der Waals surface area (Å²) in [5, 5.41) is 15.0. The molecule has 1 saturated heterocycles. The first-order valence-electron chi connectivity index (χ1n) is 10.3. The molecule has 10 heteroatoms. The van der Waals surface area contributed by atoms with Gasteiger partial charge in [-0.2, -0.15) is 0 Å². The van der Waals surface area contributed by atoms with Crippen LogP contribution < -0.4 is 26.2 Å². The van der Waals surface area contributed by atoms with E-state index >= 15 is 0 Å². The maximum Gasteiger partial charge on any atom is 0.332 e. The predicted octanol–water partition coefficient (Wildman–Crippen LogP) is 0.525. The summed E-state index contributed by atoms with van der Waals surface area (Å²) in [6.45, 7) is 5.23. The minimum Gasteiger partial charge on any atom is -0.495 e. The minimum absolute atomic E-state index is 0.150. The number of methoxy groups -OCH3 is 1. The summed E-state index contributed by atoms with van der Waals surface area (Å²) >= 11 is 0. The fraction of sp³-hybridized carbons (Fsp3) is 0.476. The van der Waals surface area contributed by atoms with E-state index in [1.807, 2.05) is 18.2 Å². The van der Waals surface area contributed by atoms with Crippen molar-refractivity contribution < 1.29 is 9.94 Å². The standard InChI is InChI=1S/C21H30N6O4/c1-24-19(16(15-23-30)20(28)25(2)21(24)29)22-9-6-10-26-11-13-27(14-12-26)17-7-4-5-8-18(17)31-3/h4-5,7-8,15,22,30H,6,9-14H2,1-3H3. The first-order chi connectivity index (χ1) is 15.0. The van der Waals surface area contributed by atoms with Crippen molar-refractivity contribution in [1.82, 2.24) is 14.0 Å². The molecule has 0 radical (unpaired) electrons. The molecule has 2 N–H and O–H groups in total. The van der Waals surface area contributed by atoms with E-state index in [1.54, 1.807) is 14.2 Å². The van der Waals surface area contributed by atoms with Gasteiger partial charge in [0.1, 0.15) is 17.1 Å². The fourth-order valence-corrected chi connectivity index (χ4v) is 3.87. The van der Waals surface area contributed by atoms with Crippen LogP contribution in [0.1, 0.15) is 12.0 Å². The Morgan fingerprint density at radius 1 is 1.13 bits per heavy atom. The van der Waals surface area contributed by atoms with Gasteiger partial charge in [-0.05, 0) is 25.1 Å². The highest BCUT2D eigenvalue weighted by atomic mass is 16.5. The third kappa shape index (κ3) is 4.91. The van der Waals surface area contributed by atoms with Gasteiger partial charge >= 0.3 is 5.69 Å². The topological polar surface area (TPSA) is 104 Å². The average molecular weight is 431 g/mol. The maximum absolute atomic E-state index is 12.3. The lowest BCUT2D eigenvalue weighted by atomic mass is 10.2. The van der Waals surface area contributed by atoms with E-state index < -0.39 is 11.2 Å². The molecule has 1 aromatic heterocycles. The van der Waals surface area contributed by atoms with Crippen molar-refractivity contribution in [2.24, 2.45) is 19.3 Å². The molecule has 1 aromatic carbocycles. The van der Waals surface area contributed by atoms with E-state index in [1.165, 1.54) is 11.6 Å². The van der Waals surface area contributed by atoms with Crippen molar-refractivity contribution >= 4 is 17.7 Å². The number of hydrogen-bond acceptors (Lipinski definition) is 8. The number of benzene rings is 1. The van der Waals surface area contributed by atoms with Crippen LogP contribution in [-0.2, 0) is 14.1 Å². The molecular weight excluding hydrogens is 400 g/mol. The zero-order valence-electron chi connectivity index (χ0n) is 18.2. The molecule has 31 heavy (non-hydrogen) atoms. The molecule has 0 saturated carbocycles. The average Bonchev–Trinajstić information content (AvgIpc) is 2.80. The molecule has 1 fully saturated rings. The SMILES string of the molecule is COc1ccccc1N1CCN(CCCNc2c(C=NO)c(=O)n(C)c(=O)n2C)CC1. The number of anilines is 2. The van der Waals surface area contributed by atoms with Crippen LogP contribution >= 0.6 is 0 Å². The first-order valence-corrected chi connectivity index (χ1v) is 10.3. The predicted molar refractivity (Wildman–Crippen MR) is 121 cm³/mol. The van der Waals surface area contributed by atoms with Crippen molar-refractivity contribution in [3.63, 3.8) is 0 Å². The highest BCUT2D eigenvalue weighted by molar-refractivity contribution is 5.85. The van der Waals surface area contributed by atoms with Crippen molar-refractivity contribution in [3.05, 3.63) is 50.7 Å². The summed E-state index contributed by atoms with van der Waals surface area (Å²) in [6.07, 6.45) is 1.90. The lowest BCUT2D eigenvalue weighted by Gasteiger charge is -2.36. The lowest BCUT2D eigenvalue weighted by Crippen LogP contribution is -2.47. The van der Waals surface area contributed by atoms with Crippen LogP contribution in [0.15, 0.2) is 39.0 Å². The normalized spacial score (nSPS) is 14.9. The fourth-order valence-electron chi connectivity index (χ4n) is 3.87. The largest absolute Gasteiger partial charge is 0.495 e. The van der Waals surface area contributed by atoms with E-state index in [4.69, 9.17) is 9.94 Å². The molecule has 168 valence electrons. The summed E-state index contributed by atoms with van der Waals surface area (Å²) in [7, 11) is 4.67. The molecular formula is C21H30N6O4. The molecule has 10 nitrogen and oxygen atoms in total. The van der Waals surface area contributed by atoms with E-state index in [2.05, 4.69) is 26.3 Å². The maximum atomic E-state index is 12.3. The second-order valence-electron chi connectivity index (χ2n) is 7.49. The third-order valence-electron chi connectivity index (χ3n) is 5.63. The third-order valence-corrected chi connectivity index (χ3v) is 5.63. The number of nitrogens with zero attached hydrogens (tertiary/aromatic N) is 5. The van der Waals surface area contributed by atoms with Crippen LogP contribution in [0.5, 0.6) is 5.75 Å². The van der Waals surface area contributed by atoms with E-state index in [9.17, 15) is 9.59 Å². The smallest absolute Gasteiger partial charge is 0.332 e. The van der Waals surface area contributed by atoms with Crippen LogP contribution in [0, 0.1) is 0 Å². The van der Waals surface area contributed by atoms with Gasteiger partial charge in [-0.25, -0.2) is 4.79 Å². The summed E-state index contributed by atoms with van der Waals surface area (Å²) in [4.78, 5) is 29.2.